The summed E-state index contributed by atoms with van der Waals surface area (Å²) in [5.74, 6) is 0.567. The molecule has 35 heavy (non-hydrogen) atoms. The van der Waals surface area contributed by atoms with E-state index in [9.17, 15) is 9.90 Å². The van der Waals surface area contributed by atoms with Crippen LogP contribution in [0.4, 0.5) is 5.82 Å². The highest BCUT2D eigenvalue weighted by Gasteiger charge is 2.43. The number of nitrogens with one attached hydrogen (secondary N) is 1. The van der Waals surface area contributed by atoms with Gasteiger partial charge in [-0.1, -0.05) is 30.3 Å². The SMILES string of the molecule is CO[C@H]1C[C@@H]1c1ccccc1[C@H](C(=O)O)N1CC[C@@H](OCCCCc2ccc3c(n2)NCCC3)C1. The number of aryl methyl sites for hydroxylation is 2. The van der Waals surface area contributed by atoms with E-state index >= 15 is 0 Å². The number of aliphatic carboxylic acids is 1. The topological polar surface area (TPSA) is 83.9 Å². The van der Waals surface area contributed by atoms with Crippen LogP contribution < -0.4 is 5.32 Å². The van der Waals surface area contributed by atoms with E-state index in [1.807, 2.05) is 18.2 Å². The summed E-state index contributed by atoms with van der Waals surface area (Å²) in [6.45, 7) is 3.11. The van der Waals surface area contributed by atoms with E-state index < -0.39 is 12.0 Å². The quantitative estimate of drug-likeness (QED) is 0.468. The molecule has 7 heteroatoms. The van der Waals surface area contributed by atoms with Gasteiger partial charge >= 0.3 is 5.97 Å². The number of aromatic nitrogens is 1. The van der Waals surface area contributed by atoms with Crippen molar-refractivity contribution in [2.45, 2.75) is 69.1 Å². The molecule has 0 radical (unpaired) electrons. The molecule has 0 spiro atoms. The predicted octanol–water partition coefficient (Wildman–Crippen LogP) is 4.18. The molecule has 4 atom stereocenters. The summed E-state index contributed by atoms with van der Waals surface area (Å²) < 4.78 is 11.7. The third kappa shape index (κ3) is 5.68. The lowest BCUT2D eigenvalue weighted by Gasteiger charge is -2.26. The first-order chi connectivity index (χ1) is 17.1. The van der Waals surface area contributed by atoms with Crippen LogP contribution in [0.3, 0.4) is 0 Å². The number of unbranched alkanes of at least 4 members (excludes halogenated alkanes) is 1. The van der Waals surface area contributed by atoms with Gasteiger partial charge in [0.1, 0.15) is 11.9 Å². The average Bonchev–Trinajstić information content (AvgIpc) is 3.53. The number of anilines is 1. The van der Waals surface area contributed by atoms with Gasteiger partial charge in [-0.05, 0) is 67.7 Å². The van der Waals surface area contributed by atoms with Crippen molar-refractivity contribution in [2.24, 2.45) is 0 Å². The number of ether oxygens (including phenoxy) is 2. The summed E-state index contributed by atoms with van der Waals surface area (Å²) in [4.78, 5) is 19.2. The van der Waals surface area contributed by atoms with Crippen LogP contribution in [0.25, 0.3) is 0 Å². The van der Waals surface area contributed by atoms with Gasteiger partial charge in [-0.3, -0.25) is 9.69 Å². The number of likely N-dealkylation sites (tertiary alicyclic amines) is 1. The Kier molecular flexibility index (Phi) is 7.66. The summed E-state index contributed by atoms with van der Waals surface area (Å²) >= 11 is 0. The standard InChI is InChI=1S/C28H37N3O4/c1-34-25-17-24(25)22-9-2-3-10-23(22)26(28(32)33)31-15-13-21(18-31)35-16-5-4-8-20-12-11-19-7-6-14-29-27(19)30-20/h2-3,9-12,21,24-26H,4-8,13-18H2,1H3,(H,29,30)(H,32,33)/t21-,24-,25+,26-/m1/s1. The Labute approximate surface area is 207 Å². The van der Waals surface area contributed by atoms with Crippen LogP contribution in [0.1, 0.15) is 66.4 Å². The number of pyridine rings is 1. The minimum atomic E-state index is -0.792. The Balaban J connectivity index is 1.10. The van der Waals surface area contributed by atoms with Crippen molar-refractivity contribution in [3.05, 3.63) is 58.8 Å². The smallest absolute Gasteiger partial charge is 0.325 e. The summed E-state index contributed by atoms with van der Waals surface area (Å²) in [5, 5.41) is 13.5. The number of methoxy groups -OCH3 is 1. The molecule has 0 bridgehead atoms. The molecule has 1 saturated heterocycles. The molecule has 1 aromatic carbocycles. The Hall–Kier alpha value is -2.48. The van der Waals surface area contributed by atoms with E-state index in [4.69, 9.17) is 14.5 Å². The van der Waals surface area contributed by atoms with Crippen molar-refractivity contribution in [3.63, 3.8) is 0 Å². The first-order valence-corrected chi connectivity index (χ1v) is 13.1. The fourth-order valence-corrected chi connectivity index (χ4v) is 5.63. The van der Waals surface area contributed by atoms with E-state index in [0.717, 1.165) is 74.3 Å². The molecule has 1 saturated carbocycles. The molecular weight excluding hydrogens is 442 g/mol. The second kappa shape index (κ2) is 11.1. The van der Waals surface area contributed by atoms with Crippen LogP contribution in [0.5, 0.6) is 0 Å². The number of fused-ring (bicyclic) bond motifs is 1. The van der Waals surface area contributed by atoms with Crippen LogP contribution in [-0.2, 0) is 27.1 Å². The normalized spacial score (nSPS) is 24.5. The fraction of sp³-hybridized carbons (Fsp3) is 0.571. The molecule has 3 heterocycles. The average molecular weight is 480 g/mol. The molecule has 0 unspecified atom stereocenters. The van der Waals surface area contributed by atoms with Crippen molar-refractivity contribution >= 4 is 11.8 Å². The molecular formula is C28H37N3O4. The van der Waals surface area contributed by atoms with Gasteiger partial charge in [0, 0.05) is 45.0 Å². The molecule has 3 aliphatic rings. The van der Waals surface area contributed by atoms with E-state index in [0.29, 0.717) is 19.1 Å². The summed E-state index contributed by atoms with van der Waals surface area (Å²) in [6, 6.07) is 11.7. The summed E-state index contributed by atoms with van der Waals surface area (Å²) in [5.41, 5.74) is 4.48. The first kappa shape index (κ1) is 24.2. The van der Waals surface area contributed by atoms with Gasteiger partial charge in [0.2, 0.25) is 0 Å². The van der Waals surface area contributed by atoms with Gasteiger partial charge in [-0.2, -0.15) is 0 Å². The lowest BCUT2D eigenvalue weighted by Crippen LogP contribution is -2.34. The van der Waals surface area contributed by atoms with Crippen molar-refractivity contribution in [3.8, 4) is 0 Å². The van der Waals surface area contributed by atoms with E-state index in [-0.39, 0.29) is 12.2 Å². The summed E-state index contributed by atoms with van der Waals surface area (Å²) in [6.07, 6.45) is 7.39. The minimum absolute atomic E-state index is 0.0859. The third-order valence-electron chi connectivity index (χ3n) is 7.63. The van der Waals surface area contributed by atoms with Crippen molar-refractivity contribution in [2.75, 3.05) is 38.7 Å². The zero-order valence-electron chi connectivity index (χ0n) is 20.6. The lowest BCUT2D eigenvalue weighted by atomic mass is 9.96. The number of carboxylic acid groups (broad SMARTS) is 1. The number of hydrogen-bond acceptors (Lipinski definition) is 6. The highest BCUT2D eigenvalue weighted by molar-refractivity contribution is 5.76. The monoisotopic (exact) mass is 479 g/mol. The van der Waals surface area contributed by atoms with Crippen molar-refractivity contribution in [1.29, 1.82) is 0 Å². The van der Waals surface area contributed by atoms with Crippen LogP contribution >= 0.6 is 0 Å². The minimum Gasteiger partial charge on any atom is -0.480 e. The van der Waals surface area contributed by atoms with Gasteiger partial charge in [0.25, 0.3) is 0 Å². The van der Waals surface area contributed by atoms with Gasteiger partial charge in [-0.15, -0.1) is 0 Å². The molecule has 0 amide bonds. The number of carboxylic acids is 1. The van der Waals surface area contributed by atoms with Crippen LogP contribution in [-0.4, -0.2) is 66.5 Å². The Morgan fingerprint density at radius 3 is 2.97 bits per heavy atom. The fourth-order valence-electron chi connectivity index (χ4n) is 5.63. The Bertz CT molecular complexity index is 1030. The van der Waals surface area contributed by atoms with E-state index in [1.54, 1.807) is 7.11 Å². The largest absolute Gasteiger partial charge is 0.480 e. The molecule has 2 N–H and O–H groups in total. The number of carbonyl (C=O) groups is 1. The number of rotatable bonds is 11. The second-order valence-corrected chi connectivity index (χ2v) is 10.1. The molecule has 5 rings (SSSR count). The highest BCUT2D eigenvalue weighted by Crippen LogP contribution is 2.46. The maximum absolute atomic E-state index is 12.3. The molecule has 1 aliphatic carbocycles. The number of benzene rings is 1. The predicted molar refractivity (Wildman–Crippen MR) is 135 cm³/mol. The number of nitrogens with zero attached hydrogens (tertiary/aromatic N) is 2. The maximum Gasteiger partial charge on any atom is 0.325 e. The zero-order chi connectivity index (χ0) is 24.2. The van der Waals surface area contributed by atoms with Gasteiger partial charge in [-0.25, -0.2) is 4.98 Å². The molecule has 2 aliphatic heterocycles. The van der Waals surface area contributed by atoms with Gasteiger partial charge in [0.15, 0.2) is 0 Å². The van der Waals surface area contributed by atoms with E-state index in [1.165, 1.54) is 12.0 Å². The maximum atomic E-state index is 12.3. The van der Waals surface area contributed by atoms with Crippen LogP contribution in [0.15, 0.2) is 36.4 Å². The summed E-state index contributed by atoms with van der Waals surface area (Å²) in [7, 11) is 1.73. The number of hydrogen-bond donors (Lipinski definition) is 2. The van der Waals surface area contributed by atoms with Crippen molar-refractivity contribution < 1.29 is 19.4 Å². The van der Waals surface area contributed by atoms with Gasteiger partial charge < -0.3 is 19.9 Å². The van der Waals surface area contributed by atoms with Crippen molar-refractivity contribution in [1.82, 2.24) is 9.88 Å². The molecule has 7 nitrogen and oxygen atoms in total. The molecule has 1 aromatic heterocycles. The molecule has 188 valence electrons. The molecule has 2 aromatic rings. The van der Waals surface area contributed by atoms with E-state index in [2.05, 4.69) is 28.4 Å². The first-order valence-electron chi connectivity index (χ1n) is 13.1. The lowest BCUT2D eigenvalue weighted by molar-refractivity contribution is -0.143. The highest BCUT2D eigenvalue weighted by atomic mass is 16.5. The zero-order valence-corrected chi connectivity index (χ0v) is 20.6. The molecule has 2 fully saturated rings. The second-order valence-electron chi connectivity index (χ2n) is 10.1. The third-order valence-corrected chi connectivity index (χ3v) is 7.63. The Morgan fingerprint density at radius 1 is 1.26 bits per heavy atom. The van der Waals surface area contributed by atoms with Crippen LogP contribution in [0, 0.1) is 0 Å². The Morgan fingerprint density at radius 2 is 2.14 bits per heavy atom. The van der Waals surface area contributed by atoms with Crippen LogP contribution in [0.2, 0.25) is 0 Å². The van der Waals surface area contributed by atoms with Gasteiger partial charge in [0.05, 0.1) is 12.2 Å².